The second-order valence-electron chi connectivity index (χ2n) is 8.33. The van der Waals surface area contributed by atoms with Crippen molar-refractivity contribution < 1.29 is 24.6 Å². The van der Waals surface area contributed by atoms with Crippen LogP contribution in [0.3, 0.4) is 0 Å². The van der Waals surface area contributed by atoms with E-state index in [0.717, 1.165) is 38.0 Å². The maximum atomic E-state index is 12.9. The van der Waals surface area contributed by atoms with Crippen LogP contribution in [0.4, 0.5) is 0 Å². The number of fused-ring (bicyclic) bond motifs is 5. The molecular weight excluding hydrogens is 480 g/mol. The van der Waals surface area contributed by atoms with E-state index in [-0.39, 0.29) is 11.3 Å². The highest BCUT2D eigenvalue weighted by molar-refractivity contribution is 7.17. The lowest BCUT2D eigenvalue weighted by Crippen LogP contribution is -2.26. The molecule has 0 saturated heterocycles. The highest BCUT2D eigenvalue weighted by Crippen LogP contribution is 2.42. The van der Waals surface area contributed by atoms with Crippen molar-refractivity contribution in [3.8, 4) is 16.9 Å². The smallest absolute Gasteiger partial charge is 0.333 e. The summed E-state index contributed by atoms with van der Waals surface area (Å²) >= 11 is 1.18. The summed E-state index contributed by atoms with van der Waals surface area (Å²) in [5.74, 6) is -0.354. The number of aromatic nitrogens is 1. The number of ether oxygens (including phenoxy) is 2. The summed E-state index contributed by atoms with van der Waals surface area (Å²) in [6.45, 7) is 2.76. The van der Waals surface area contributed by atoms with Crippen LogP contribution in [0, 0.1) is 0 Å². The molecule has 1 aliphatic carbocycles. The van der Waals surface area contributed by atoms with Gasteiger partial charge in [-0.05, 0) is 42.3 Å². The van der Waals surface area contributed by atoms with Gasteiger partial charge in [0.2, 0.25) is 0 Å². The molecule has 184 valence electrons. The molecule has 0 radical (unpaired) electrons. The average molecular weight is 505 g/mol. The minimum absolute atomic E-state index is 0.0835. The number of carbonyl (C=O) groups is 1. The van der Waals surface area contributed by atoms with Crippen LogP contribution < -0.4 is 9.61 Å². The number of thiazole rings is 1. The van der Waals surface area contributed by atoms with Gasteiger partial charge in [-0.15, -0.1) is 0 Å². The largest absolute Gasteiger partial charge is 0.492 e. The molecule has 1 heterocycles. The zero-order chi connectivity index (χ0) is 25.2. The van der Waals surface area contributed by atoms with Crippen molar-refractivity contribution in [1.82, 2.24) is 4.57 Å². The van der Waals surface area contributed by atoms with Crippen LogP contribution in [-0.4, -0.2) is 45.9 Å². The van der Waals surface area contributed by atoms with Crippen LogP contribution in [0.25, 0.3) is 21.3 Å². The number of hydrogen-bond donors (Lipinski definition) is 2. The number of aliphatic carboxylic acids is 1. The van der Waals surface area contributed by atoms with Crippen LogP contribution >= 0.6 is 11.3 Å². The molecule has 36 heavy (non-hydrogen) atoms. The van der Waals surface area contributed by atoms with E-state index in [0.29, 0.717) is 31.2 Å². The first kappa shape index (κ1) is 23.8. The van der Waals surface area contributed by atoms with Crippen molar-refractivity contribution in [1.29, 1.82) is 0 Å². The monoisotopic (exact) mass is 504 g/mol. The van der Waals surface area contributed by atoms with E-state index < -0.39 is 12.1 Å². The average Bonchev–Trinajstić information content (AvgIpc) is 3.38. The molecule has 5 rings (SSSR count). The minimum atomic E-state index is -0.986. The van der Waals surface area contributed by atoms with Gasteiger partial charge in [0.1, 0.15) is 18.1 Å². The van der Waals surface area contributed by atoms with E-state index in [2.05, 4.69) is 5.16 Å². The van der Waals surface area contributed by atoms with Crippen LogP contribution in [-0.2, 0) is 22.5 Å². The molecule has 1 aromatic heterocycles. The van der Waals surface area contributed by atoms with Gasteiger partial charge >= 0.3 is 10.8 Å². The van der Waals surface area contributed by atoms with Gasteiger partial charge in [-0.3, -0.25) is 9.36 Å². The van der Waals surface area contributed by atoms with E-state index in [4.69, 9.17) is 9.47 Å². The molecule has 3 aromatic carbocycles. The van der Waals surface area contributed by atoms with Gasteiger partial charge in [-0.2, -0.15) is 0 Å². The summed E-state index contributed by atoms with van der Waals surface area (Å²) in [4.78, 5) is 24.1. The third-order valence-electron chi connectivity index (χ3n) is 6.22. The number of hydrogen-bond acceptors (Lipinski definition) is 7. The fourth-order valence-corrected chi connectivity index (χ4v) is 5.65. The predicted molar refractivity (Wildman–Crippen MR) is 138 cm³/mol. The van der Waals surface area contributed by atoms with E-state index in [1.54, 1.807) is 23.6 Å². The first-order valence-electron chi connectivity index (χ1n) is 11.6. The quantitative estimate of drug-likeness (QED) is 0.228. The number of rotatable bonds is 9. The molecule has 0 saturated carbocycles. The van der Waals surface area contributed by atoms with Gasteiger partial charge in [0.05, 0.1) is 16.8 Å². The second kappa shape index (κ2) is 9.96. The molecule has 8 nitrogen and oxygen atoms in total. The Morgan fingerprint density at radius 1 is 1.06 bits per heavy atom. The number of oxime groups is 1. The van der Waals surface area contributed by atoms with Crippen molar-refractivity contribution in [2.45, 2.75) is 26.0 Å². The molecule has 1 unspecified atom stereocenters. The molecule has 0 bridgehead atoms. The summed E-state index contributed by atoms with van der Waals surface area (Å²) in [6.07, 6.45) is -0.607. The Bertz CT molecular complexity index is 1520. The van der Waals surface area contributed by atoms with E-state index in [1.807, 2.05) is 48.5 Å². The molecule has 1 atom stereocenters. The fourth-order valence-electron chi connectivity index (χ4n) is 4.57. The number of carboxylic acid groups (broad SMARTS) is 1. The van der Waals surface area contributed by atoms with Crippen molar-refractivity contribution >= 4 is 33.2 Å². The van der Waals surface area contributed by atoms with Crippen LogP contribution in [0.1, 0.15) is 23.6 Å². The Morgan fingerprint density at radius 3 is 2.50 bits per heavy atom. The molecule has 4 aromatic rings. The van der Waals surface area contributed by atoms with Crippen molar-refractivity contribution in [3.63, 3.8) is 0 Å². The molecule has 0 aliphatic heterocycles. The Labute approximate surface area is 210 Å². The summed E-state index contributed by atoms with van der Waals surface area (Å²) < 4.78 is 13.7. The Kier molecular flexibility index (Phi) is 6.58. The normalized spacial score (nSPS) is 14.1. The number of nitrogens with zero attached hydrogens (tertiary/aromatic N) is 2. The zero-order valence-electron chi connectivity index (χ0n) is 19.5. The van der Waals surface area contributed by atoms with Gasteiger partial charge in [0.15, 0.2) is 6.10 Å². The third kappa shape index (κ3) is 4.27. The first-order valence-corrected chi connectivity index (χ1v) is 12.4. The Morgan fingerprint density at radius 2 is 1.81 bits per heavy atom. The zero-order valence-corrected chi connectivity index (χ0v) is 20.3. The van der Waals surface area contributed by atoms with Crippen LogP contribution in [0.15, 0.2) is 70.6 Å². The molecule has 9 heteroatoms. The number of carboxylic acids is 1. The molecular formula is C27H24N2O6S. The Hall–Kier alpha value is -3.95. The van der Waals surface area contributed by atoms with E-state index in [1.165, 1.54) is 11.3 Å². The van der Waals surface area contributed by atoms with Gasteiger partial charge in [0, 0.05) is 29.7 Å². The predicted octanol–water partition coefficient (Wildman–Crippen LogP) is 4.38. The summed E-state index contributed by atoms with van der Waals surface area (Å²) in [5, 5.41) is 22.4. The first-order chi connectivity index (χ1) is 17.5. The van der Waals surface area contributed by atoms with E-state index in [9.17, 15) is 19.9 Å². The lowest BCUT2D eigenvalue weighted by atomic mass is 10.1. The third-order valence-corrected chi connectivity index (χ3v) is 7.23. The van der Waals surface area contributed by atoms with Gasteiger partial charge in [-0.25, -0.2) is 4.79 Å². The molecule has 1 aliphatic rings. The van der Waals surface area contributed by atoms with E-state index >= 15 is 0 Å². The summed E-state index contributed by atoms with van der Waals surface area (Å²) in [5.41, 5.74) is 5.68. The summed E-state index contributed by atoms with van der Waals surface area (Å²) in [7, 11) is 0. The maximum Gasteiger partial charge on any atom is 0.333 e. The Balaban J connectivity index is 1.32. The summed E-state index contributed by atoms with van der Waals surface area (Å²) in [6, 6.07) is 18.7. The van der Waals surface area contributed by atoms with Crippen molar-refractivity contribution in [3.05, 3.63) is 87.0 Å². The van der Waals surface area contributed by atoms with Gasteiger partial charge < -0.3 is 19.8 Å². The van der Waals surface area contributed by atoms with Crippen LogP contribution in [0.5, 0.6) is 5.75 Å². The molecule has 2 N–H and O–H groups in total. The number of benzene rings is 3. The lowest BCUT2D eigenvalue weighted by molar-refractivity contribution is -0.149. The molecule has 0 fully saturated rings. The standard InChI is InChI=1S/C27H24N2O6S/c1-2-34-22(26(30)31)15-16-7-9-17(10-8-16)35-14-13-29-21-12-11-20-23(25(21)36-27(29)32)18-5-3-4-6-19(18)24(20)28-33/h3-12,22,33H,2,13-15H2,1H3,(H,30,31)/b28-24+. The molecule has 0 amide bonds. The molecule has 0 spiro atoms. The maximum absolute atomic E-state index is 12.9. The second-order valence-corrected chi connectivity index (χ2v) is 9.29. The SMILES string of the molecule is CCOC(Cc1ccc(OCCn2c(=O)sc3c4c(ccc32)/C(=N/O)c2ccccc2-4)cc1)C(=O)O. The topological polar surface area (TPSA) is 110 Å². The minimum Gasteiger partial charge on any atom is -0.492 e. The fraction of sp³-hybridized carbons (Fsp3) is 0.222. The van der Waals surface area contributed by atoms with Crippen LogP contribution in [0.2, 0.25) is 0 Å². The highest BCUT2D eigenvalue weighted by atomic mass is 32.1. The van der Waals surface area contributed by atoms with Gasteiger partial charge in [0.25, 0.3) is 0 Å². The van der Waals surface area contributed by atoms with Crippen molar-refractivity contribution in [2.75, 3.05) is 13.2 Å². The van der Waals surface area contributed by atoms with Crippen molar-refractivity contribution in [2.24, 2.45) is 5.16 Å². The highest BCUT2D eigenvalue weighted by Gasteiger charge is 2.28. The lowest BCUT2D eigenvalue weighted by Gasteiger charge is -2.13. The van der Waals surface area contributed by atoms with Gasteiger partial charge in [-0.1, -0.05) is 52.9 Å².